The first kappa shape index (κ1) is 24.3. The van der Waals surface area contributed by atoms with Gasteiger partial charge in [-0.1, -0.05) is 18.2 Å². The Morgan fingerprint density at radius 2 is 1.88 bits per heavy atom. The summed E-state index contributed by atoms with van der Waals surface area (Å²) in [6, 6.07) is 9.10. The molecule has 34 heavy (non-hydrogen) atoms. The summed E-state index contributed by atoms with van der Waals surface area (Å²) in [4.78, 5) is 49.6. The molecule has 0 bridgehead atoms. The molecule has 0 aromatic heterocycles. The molecule has 1 aliphatic rings. The summed E-state index contributed by atoms with van der Waals surface area (Å²) >= 11 is 0. The van der Waals surface area contributed by atoms with Gasteiger partial charge in [0.1, 0.15) is 11.5 Å². The number of aliphatic carboxylic acids is 1. The molecule has 1 heterocycles. The lowest BCUT2D eigenvalue weighted by molar-refractivity contribution is -0.138. The highest BCUT2D eigenvalue weighted by molar-refractivity contribution is 6.14. The van der Waals surface area contributed by atoms with Crippen LogP contribution in [-0.4, -0.2) is 61.0 Å². The number of ether oxygens (including phenoxy) is 2. The minimum absolute atomic E-state index is 0.427. The number of methoxy groups -OCH3 is 2. The van der Waals surface area contributed by atoms with E-state index in [0.717, 1.165) is 5.56 Å². The van der Waals surface area contributed by atoms with Crippen LogP contribution in [0.1, 0.15) is 18.0 Å². The Hall–Kier alpha value is -4.34. The number of urea groups is 1. The van der Waals surface area contributed by atoms with Crippen molar-refractivity contribution in [2.24, 2.45) is 0 Å². The Morgan fingerprint density at radius 1 is 1.12 bits per heavy atom. The van der Waals surface area contributed by atoms with Gasteiger partial charge in [-0.3, -0.25) is 14.4 Å². The van der Waals surface area contributed by atoms with E-state index >= 15 is 0 Å². The first-order valence-corrected chi connectivity index (χ1v) is 10.3. The molecule has 0 saturated carbocycles. The number of nitrogens with one attached hydrogen (secondary N) is 2. The summed E-state index contributed by atoms with van der Waals surface area (Å²) in [5, 5.41) is 14.3. The van der Waals surface area contributed by atoms with Gasteiger partial charge in [0.2, 0.25) is 0 Å². The van der Waals surface area contributed by atoms with Crippen molar-refractivity contribution in [3.63, 3.8) is 0 Å². The largest absolute Gasteiger partial charge is 0.497 e. The van der Waals surface area contributed by atoms with Crippen molar-refractivity contribution >= 4 is 23.7 Å². The van der Waals surface area contributed by atoms with E-state index in [0.29, 0.717) is 22.6 Å². The van der Waals surface area contributed by atoms with E-state index in [4.69, 9.17) is 9.47 Å². The summed E-state index contributed by atoms with van der Waals surface area (Å²) in [7, 11) is 4.53. The fraction of sp³-hybridized carbons (Fsp3) is 0.250. The van der Waals surface area contributed by atoms with E-state index < -0.39 is 42.2 Å². The van der Waals surface area contributed by atoms with Crippen LogP contribution in [0.4, 0.5) is 4.79 Å². The van der Waals surface area contributed by atoms with Crippen LogP contribution in [0, 0.1) is 0 Å². The number of likely N-dealkylation sites (N-methyl/N-ethyl adjacent to an activating group) is 1. The minimum Gasteiger partial charge on any atom is -0.497 e. The number of carbonyl (C=O) groups is 4. The van der Waals surface area contributed by atoms with Crippen LogP contribution in [0.3, 0.4) is 0 Å². The van der Waals surface area contributed by atoms with E-state index in [1.165, 1.54) is 31.3 Å². The Kier molecular flexibility index (Phi) is 7.52. The highest BCUT2D eigenvalue weighted by Crippen LogP contribution is 2.34. The summed E-state index contributed by atoms with van der Waals surface area (Å²) in [6.45, 7) is 0. The number of amides is 3. The maximum Gasteiger partial charge on any atom is 0.316 e. The average Bonchev–Trinajstić information content (AvgIpc) is 2.83. The molecule has 2 unspecified atom stereocenters. The molecule has 2 atom stereocenters. The van der Waals surface area contributed by atoms with Crippen LogP contribution < -0.4 is 20.1 Å². The van der Waals surface area contributed by atoms with Gasteiger partial charge in [-0.2, -0.15) is 0 Å². The molecule has 2 aromatic rings. The number of ketones is 1. The molecule has 10 nitrogen and oxygen atoms in total. The number of carboxylic acid groups (broad SMARTS) is 1. The lowest BCUT2D eigenvalue weighted by Gasteiger charge is -2.25. The van der Waals surface area contributed by atoms with E-state index in [9.17, 15) is 24.3 Å². The second kappa shape index (κ2) is 10.5. The fourth-order valence-electron chi connectivity index (χ4n) is 3.53. The maximum absolute atomic E-state index is 12.6. The highest BCUT2D eigenvalue weighted by atomic mass is 16.5. The van der Waals surface area contributed by atoms with Crippen molar-refractivity contribution in [3.05, 3.63) is 60.3 Å². The lowest BCUT2D eigenvalue weighted by Crippen LogP contribution is -2.55. The predicted octanol–water partition coefficient (Wildman–Crippen LogP) is 2.11. The topological polar surface area (TPSA) is 134 Å². The summed E-state index contributed by atoms with van der Waals surface area (Å²) < 4.78 is 10.7. The normalized spacial score (nSPS) is 16.1. The summed E-state index contributed by atoms with van der Waals surface area (Å²) in [5.41, 5.74) is 1.93. The van der Waals surface area contributed by atoms with Gasteiger partial charge in [-0.15, -0.1) is 0 Å². The van der Waals surface area contributed by atoms with Gasteiger partial charge in [-0.25, -0.2) is 4.79 Å². The quantitative estimate of drug-likeness (QED) is 0.506. The van der Waals surface area contributed by atoms with Crippen LogP contribution in [-0.2, 0) is 14.4 Å². The lowest BCUT2D eigenvalue weighted by atomic mass is 9.96. The van der Waals surface area contributed by atoms with E-state index in [2.05, 4.69) is 10.6 Å². The number of benzene rings is 2. The number of carbonyl (C=O) groups excluding carboxylic acids is 3. The second-order valence-corrected chi connectivity index (χ2v) is 7.56. The predicted molar refractivity (Wildman–Crippen MR) is 122 cm³/mol. The van der Waals surface area contributed by atoms with Crippen LogP contribution in [0.15, 0.2) is 54.7 Å². The van der Waals surface area contributed by atoms with Crippen molar-refractivity contribution in [3.8, 4) is 22.6 Å². The third kappa shape index (κ3) is 5.52. The Balaban J connectivity index is 1.89. The smallest absolute Gasteiger partial charge is 0.316 e. The highest BCUT2D eigenvalue weighted by Gasteiger charge is 2.32. The third-order valence-corrected chi connectivity index (χ3v) is 5.31. The third-order valence-electron chi connectivity index (χ3n) is 5.31. The van der Waals surface area contributed by atoms with E-state index in [1.807, 2.05) is 12.1 Å². The van der Waals surface area contributed by atoms with Gasteiger partial charge in [0, 0.05) is 24.9 Å². The number of hydrogen-bond donors (Lipinski definition) is 3. The van der Waals surface area contributed by atoms with Gasteiger partial charge in [0.15, 0.2) is 11.8 Å². The van der Waals surface area contributed by atoms with Gasteiger partial charge in [0.25, 0.3) is 5.91 Å². The molecule has 0 fully saturated rings. The van der Waals surface area contributed by atoms with Crippen molar-refractivity contribution in [2.75, 3.05) is 21.3 Å². The molecule has 0 aliphatic carbocycles. The zero-order valence-corrected chi connectivity index (χ0v) is 18.9. The molecule has 3 N–H and O–H groups in total. The van der Waals surface area contributed by atoms with Gasteiger partial charge in [-0.05, 0) is 35.4 Å². The number of rotatable bonds is 8. The van der Waals surface area contributed by atoms with Crippen LogP contribution >= 0.6 is 0 Å². The molecular weight excluding hydrogens is 442 g/mol. The molecular formula is C24H25N3O7. The first-order chi connectivity index (χ1) is 16.2. The number of nitrogens with zero attached hydrogens (tertiary/aromatic N) is 1. The van der Waals surface area contributed by atoms with Crippen molar-refractivity contribution in [1.82, 2.24) is 15.5 Å². The van der Waals surface area contributed by atoms with Gasteiger partial charge < -0.3 is 30.1 Å². The molecule has 178 valence electrons. The fourth-order valence-corrected chi connectivity index (χ4v) is 3.53. The molecule has 10 heteroatoms. The second-order valence-electron chi connectivity index (χ2n) is 7.56. The van der Waals surface area contributed by atoms with Crippen LogP contribution in [0.25, 0.3) is 11.1 Å². The molecule has 0 saturated heterocycles. The Bertz CT molecular complexity index is 1150. The van der Waals surface area contributed by atoms with Crippen molar-refractivity contribution in [2.45, 2.75) is 18.5 Å². The number of carboxylic acids is 1. The molecule has 1 aliphatic heterocycles. The maximum atomic E-state index is 12.6. The number of hydrogen-bond acceptors (Lipinski definition) is 6. The zero-order valence-electron chi connectivity index (χ0n) is 18.9. The van der Waals surface area contributed by atoms with Crippen LogP contribution in [0.5, 0.6) is 11.5 Å². The van der Waals surface area contributed by atoms with E-state index in [-0.39, 0.29) is 0 Å². The van der Waals surface area contributed by atoms with Crippen LogP contribution in [0.2, 0.25) is 0 Å². The molecule has 0 spiro atoms. The standard InChI is InChI=1S/C24H25N3O7/c1-27-10-9-19(28)22(23(27)31)26-24(32)25-18(13-21(29)30)15-7-8-20(34-3)17(12-15)14-5-4-6-16(11-14)33-2/h4-12,18,22H,13H2,1-3H3,(H,29,30)(H2,25,26,32). The molecule has 3 rings (SSSR count). The molecule has 0 radical (unpaired) electrons. The summed E-state index contributed by atoms with van der Waals surface area (Å²) in [5.74, 6) is -1.13. The average molecular weight is 467 g/mol. The van der Waals surface area contributed by atoms with Crippen molar-refractivity contribution in [1.29, 1.82) is 0 Å². The minimum atomic E-state index is -1.39. The Labute approximate surface area is 196 Å². The van der Waals surface area contributed by atoms with Gasteiger partial charge in [0.05, 0.1) is 26.7 Å². The summed E-state index contributed by atoms with van der Waals surface area (Å²) in [6.07, 6.45) is 2.07. The first-order valence-electron chi connectivity index (χ1n) is 10.3. The zero-order chi connectivity index (χ0) is 24.8. The monoisotopic (exact) mass is 467 g/mol. The SMILES string of the molecule is COc1cccc(-c2cc(C(CC(=O)O)NC(=O)NC3C(=O)C=CN(C)C3=O)ccc2OC)c1. The molecule has 2 aromatic carbocycles. The Morgan fingerprint density at radius 3 is 2.56 bits per heavy atom. The van der Waals surface area contributed by atoms with Crippen molar-refractivity contribution < 1.29 is 33.8 Å². The van der Waals surface area contributed by atoms with Gasteiger partial charge >= 0.3 is 12.0 Å². The molecule has 3 amide bonds. The van der Waals surface area contributed by atoms with E-state index in [1.54, 1.807) is 37.4 Å².